The molecule has 0 spiro atoms. The maximum Gasteiger partial charge on any atom is 0.339 e. The van der Waals surface area contributed by atoms with Gasteiger partial charge in [0.1, 0.15) is 17.9 Å². The largest absolute Gasteiger partial charge is 0.491 e. The molecule has 1 aromatic carbocycles. The number of ether oxygens (including phenoxy) is 1. The fourth-order valence-electron chi connectivity index (χ4n) is 2.36. The van der Waals surface area contributed by atoms with Crippen molar-refractivity contribution in [2.75, 3.05) is 26.2 Å². The third kappa shape index (κ3) is 3.70. The van der Waals surface area contributed by atoms with Crippen LogP contribution in [-0.4, -0.2) is 42.2 Å². The van der Waals surface area contributed by atoms with E-state index < -0.39 is 5.97 Å². The van der Waals surface area contributed by atoms with Crippen molar-refractivity contribution in [1.29, 1.82) is 0 Å². The van der Waals surface area contributed by atoms with Crippen LogP contribution in [-0.2, 0) is 0 Å². The van der Waals surface area contributed by atoms with E-state index in [1.165, 1.54) is 12.8 Å². The van der Waals surface area contributed by atoms with Crippen molar-refractivity contribution in [2.24, 2.45) is 0 Å². The molecule has 0 unspecified atom stereocenters. The van der Waals surface area contributed by atoms with Gasteiger partial charge < -0.3 is 9.84 Å². The Bertz CT molecular complexity index is 470. The Labute approximate surface area is 121 Å². The number of carboxylic acid groups (broad SMARTS) is 1. The van der Waals surface area contributed by atoms with Crippen LogP contribution in [0.2, 0.25) is 0 Å². The smallest absolute Gasteiger partial charge is 0.339 e. The van der Waals surface area contributed by atoms with Crippen molar-refractivity contribution in [3.05, 3.63) is 27.7 Å². The second-order valence-electron chi connectivity index (χ2n) is 4.80. The van der Waals surface area contributed by atoms with E-state index in [0.29, 0.717) is 12.4 Å². The highest BCUT2D eigenvalue weighted by Gasteiger charge is 2.16. The molecule has 1 fully saturated rings. The standard InChI is InChI=1S/C14H18BrNO3/c1-10-8-11(15)9-12(14(17)18)13(10)19-7-6-16-4-2-3-5-16/h8-9H,2-7H2,1H3,(H,17,18). The van der Waals surface area contributed by atoms with Gasteiger partial charge in [0, 0.05) is 11.0 Å². The first kappa shape index (κ1) is 14.3. The van der Waals surface area contributed by atoms with Gasteiger partial charge in [-0.05, 0) is 50.6 Å². The Morgan fingerprint density at radius 3 is 2.74 bits per heavy atom. The van der Waals surface area contributed by atoms with Gasteiger partial charge in [-0.25, -0.2) is 4.79 Å². The Kier molecular flexibility index (Phi) is 4.82. The molecule has 4 nitrogen and oxygen atoms in total. The molecule has 1 heterocycles. The maximum absolute atomic E-state index is 11.2. The van der Waals surface area contributed by atoms with Gasteiger partial charge in [-0.3, -0.25) is 4.90 Å². The lowest BCUT2D eigenvalue weighted by atomic mass is 10.1. The summed E-state index contributed by atoms with van der Waals surface area (Å²) in [6.07, 6.45) is 2.50. The zero-order chi connectivity index (χ0) is 13.8. The number of halogens is 1. The third-order valence-corrected chi connectivity index (χ3v) is 3.78. The van der Waals surface area contributed by atoms with Crippen LogP contribution in [0.4, 0.5) is 0 Å². The molecular weight excluding hydrogens is 310 g/mol. The highest BCUT2D eigenvalue weighted by molar-refractivity contribution is 9.10. The topological polar surface area (TPSA) is 49.8 Å². The summed E-state index contributed by atoms with van der Waals surface area (Å²) in [6.45, 7) is 5.49. The van der Waals surface area contributed by atoms with Crippen molar-refractivity contribution < 1.29 is 14.6 Å². The van der Waals surface area contributed by atoms with Crippen LogP contribution in [0.15, 0.2) is 16.6 Å². The molecule has 1 saturated heterocycles. The van der Waals surface area contributed by atoms with Gasteiger partial charge >= 0.3 is 5.97 Å². The lowest BCUT2D eigenvalue weighted by molar-refractivity contribution is 0.0691. The quantitative estimate of drug-likeness (QED) is 0.903. The zero-order valence-electron chi connectivity index (χ0n) is 11.0. The minimum absolute atomic E-state index is 0.216. The first-order chi connectivity index (χ1) is 9.08. The van der Waals surface area contributed by atoms with E-state index in [0.717, 1.165) is 29.7 Å². The molecule has 0 saturated carbocycles. The number of hydrogen-bond acceptors (Lipinski definition) is 3. The van der Waals surface area contributed by atoms with Crippen LogP contribution < -0.4 is 4.74 Å². The number of carboxylic acids is 1. The summed E-state index contributed by atoms with van der Waals surface area (Å²) in [5.41, 5.74) is 1.06. The van der Waals surface area contributed by atoms with Crippen LogP contribution in [0.3, 0.4) is 0 Å². The molecule has 0 aromatic heterocycles. The predicted octanol–water partition coefficient (Wildman–Crippen LogP) is 2.93. The molecule has 1 N–H and O–H groups in total. The molecular formula is C14H18BrNO3. The van der Waals surface area contributed by atoms with E-state index in [1.807, 2.05) is 13.0 Å². The Morgan fingerprint density at radius 2 is 2.11 bits per heavy atom. The van der Waals surface area contributed by atoms with E-state index in [9.17, 15) is 9.90 Å². The van der Waals surface area contributed by atoms with Crippen LogP contribution in [0.25, 0.3) is 0 Å². The zero-order valence-corrected chi connectivity index (χ0v) is 12.6. The van der Waals surface area contributed by atoms with Crippen molar-refractivity contribution in [3.63, 3.8) is 0 Å². The number of likely N-dealkylation sites (tertiary alicyclic amines) is 1. The summed E-state index contributed by atoms with van der Waals surface area (Å²) in [4.78, 5) is 13.6. The Morgan fingerprint density at radius 1 is 1.42 bits per heavy atom. The Hall–Kier alpha value is -1.07. The molecule has 2 rings (SSSR count). The Balaban J connectivity index is 2.03. The number of nitrogens with zero attached hydrogens (tertiary/aromatic N) is 1. The molecule has 104 valence electrons. The van der Waals surface area contributed by atoms with E-state index in [4.69, 9.17) is 4.74 Å². The van der Waals surface area contributed by atoms with Gasteiger partial charge in [0.15, 0.2) is 0 Å². The first-order valence-corrected chi connectivity index (χ1v) is 7.26. The SMILES string of the molecule is Cc1cc(Br)cc(C(=O)O)c1OCCN1CCCC1. The van der Waals surface area contributed by atoms with Crippen molar-refractivity contribution in [2.45, 2.75) is 19.8 Å². The molecule has 0 atom stereocenters. The summed E-state index contributed by atoms with van der Waals surface area (Å²) in [5.74, 6) is -0.476. The van der Waals surface area contributed by atoms with Crippen LogP contribution >= 0.6 is 15.9 Å². The van der Waals surface area contributed by atoms with Crippen molar-refractivity contribution >= 4 is 21.9 Å². The first-order valence-electron chi connectivity index (χ1n) is 6.46. The molecule has 0 bridgehead atoms. The van der Waals surface area contributed by atoms with Gasteiger partial charge in [0.05, 0.1) is 0 Å². The number of hydrogen-bond donors (Lipinski definition) is 1. The summed E-state index contributed by atoms with van der Waals surface area (Å²) in [7, 11) is 0. The fourth-order valence-corrected chi connectivity index (χ4v) is 2.94. The highest BCUT2D eigenvalue weighted by atomic mass is 79.9. The number of carbonyl (C=O) groups is 1. The van der Waals surface area contributed by atoms with E-state index in [1.54, 1.807) is 6.07 Å². The highest BCUT2D eigenvalue weighted by Crippen LogP contribution is 2.28. The molecule has 19 heavy (non-hydrogen) atoms. The van der Waals surface area contributed by atoms with Crippen molar-refractivity contribution in [3.8, 4) is 5.75 Å². The van der Waals surface area contributed by atoms with E-state index in [-0.39, 0.29) is 5.56 Å². The summed E-state index contributed by atoms with van der Waals surface area (Å²) < 4.78 is 6.46. The maximum atomic E-state index is 11.2. The minimum Gasteiger partial charge on any atom is -0.491 e. The predicted molar refractivity (Wildman–Crippen MR) is 77.0 cm³/mol. The molecule has 0 aliphatic carbocycles. The van der Waals surface area contributed by atoms with Gasteiger partial charge in [-0.15, -0.1) is 0 Å². The van der Waals surface area contributed by atoms with Crippen molar-refractivity contribution in [1.82, 2.24) is 4.90 Å². The molecule has 1 aliphatic heterocycles. The van der Waals surface area contributed by atoms with Gasteiger partial charge in [0.2, 0.25) is 0 Å². The van der Waals surface area contributed by atoms with E-state index in [2.05, 4.69) is 20.8 Å². The summed E-state index contributed by atoms with van der Waals surface area (Å²) in [6, 6.07) is 3.46. The number of benzene rings is 1. The lowest BCUT2D eigenvalue weighted by Gasteiger charge is -2.17. The number of rotatable bonds is 5. The van der Waals surface area contributed by atoms with Gasteiger partial charge in [-0.1, -0.05) is 15.9 Å². The minimum atomic E-state index is -0.958. The average Bonchev–Trinajstić information content (AvgIpc) is 2.84. The third-order valence-electron chi connectivity index (χ3n) is 3.32. The second kappa shape index (κ2) is 6.39. The molecule has 0 radical (unpaired) electrons. The van der Waals surface area contributed by atoms with Crippen LogP contribution in [0, 0.1) is 6.92 Å². The summed E-state index contributed by atoms with van der Waals surface area (Å²) >= 11 is 3.31. The monoisotopic (exact) mass is 327 g/mol. The molecule has 5 heteroatoms. The molecule has 1 aromatic rings. The fraction of sp³-hybridized carbons (Fsp3) is 0.500. The van der Waals surface area contributed by atoms with Crippen LogP contribution in [0.5, 0.6) is 5.75 Å². The molecule has 1 aliphatic rings. The summed E-state index contributed by atoms with van der Waals surface area (Å²) in [5, 5.41) is 9.21. The number of aromatic carboxylic acids is 1. The second-order valence-corrected chi connectivity index (χ2v) is 5.72. The molecule has 0 amide bonds. The average molecular weight is 328 g/mol. The normalized spacial score (nSPS) is 15.7. The number of aryl methyl sites for hydroxylation is 1. The van der Waals surface area contributed by atoms with Gasteiger partial charge in [0.25, 0.3) is 0 Å². The lowest BCUT2D eigenvalue weighted by Crippen LogP contribution is -2.25. The van der Waals surface area contributed by atoms with Gasteiger partial charge in [-0.2, -0.15) is 0 Å². The van der Waals surface area contributed by atoms with E-state index >= 15 is 0 Å². The van der Waals surface area contributed by atoms with Crippen LogP contribution in [0.1, 0.15) is 28.8 Å².